The number of nitrogens with zero attached hydrogens (tertiary/aromatic N) is 3. The van der Waals surface area contributed by atoms with Crippen LogP contribution in [0.15, 0.2) is 41.4 Å². The van der Waals surface area contributed by atoms with Gasteiger partial charge >= 0.3 is 5.97 Å². The minimum atomic E-state index is -1.44. The standard InChI is InChI=1S/C43H67N5O10/c1-4-5-6-7-8-9-10-11-12-13-14-15-16-27-38(51)47(55)28-21-20-25-35(45-42(54)43(3)31-57-39(46-43)33-23-17-18-26-36(33)49)41(53)58-32(2)30-37(50)44-34-24-19-22-29-48(56)40(34)52/h11-12,17-18,23,26,32,34-35,49,55-56H,4-10,13-16,19-22,24-25,27-31H2,1-3H3,(H,44,50)(H,45,54)/b12-11+/t32-,34+,35-,43-/m1/s1. The second-order valence-electron chi connectivity index (χ2n) is 15.7. The third-order valence-corrected chi connectivity index (χ3v) is 10.4. The Morgan fingerprint density at radius 3 is 2.43 bits per heavy atom. The van der Waals surface area contributed by atoms with Gasteiger partial charge in [-0.15, -0.1) is 0 Å². The van der Waals surface area contributed by atoms with E-state index in [2.05, 4.69) is 34.7 Å². The van der Waals surface area contributed by atoms with Crippen molar-refractivity contribution in [2.24, 2.45) is 4.99 Å². The maximum Gasteiger partial charge on any atom is 0.328 e. The fourth-order valence-electron chi connectivity index (χ4n) is 6.82. The van der Waals surface area contributed by atoms with E-state index in [-0.39, 0.29) is 56.5 Å². The molecule has 5 N–H and O–H groups in total. The third-order valence-electron chi connectivity index (χ3n) is 10.4. The lowest BCUT2D eigenvalue weighted by Crippen LogP contribution is -2.52. The van der Waals surface area contributed by atoms with Gasteiger partial charge in [0.05, 0.1) is 12.0 Å². The number of phenolic OH excluding ortho intramolecular Hbond substituents is 1. The summed E-state index contributed by atoms with van der Waals surface area (Å²) in [6.07, 6.45) is 18.2. The smallest absolute Gasteiger partial charge is 0.328 e. The molecular formula is C43H67N5O10. The number of hydrogen-bond acceptors (Lipinski definition) is 11. The molecule has 0 aromatic heterocycles. The van der Waals surface area contributed by atoms with Crippen molar-refractivity contribution in [2.45, 2.75) is 166 Å². The lowest BCUT2D eigenvalue weighted by Gasteiger charge is -2.25. The first-order valence-electron chi connectivity index (χ1n) is 21.3. The number of allylic oxidation sites excluding steroid dienone is 2. The number of amides is 4. The lowest BCUT2D eigenvalue weighted by molar-refractivity contribution is -0.167. The monoisotopic (exact) mass is 813 g/mol. The summed E-state index contributed by atoms with van der Waals surface area (Å²) in [4.78, 5) is 69.3. The fraction of sp³-hybridized carbons (Fsp3) is 0.674. The number of esters is 1. The molecule has 3 rings (SSSR count). The van der Waals surface area contributed by atoms with Crippen LogP contribution in [0.25, 0.3) is 0 Å². The molecule has 4 atom stereocenters. The van der Waals surface area contributed by atoms with Gasteiger partial charge in [0, 0.05) is 19.5 Å². The first kappa shape index (κ1) is 47.9. The third kappa shape index (κ3) is 16.8. The summed E-state index contributed by atoms with van der Waals surface area (Å²) < 4.78 is 11.3. The summed E-state index contributed by atoms with van der Waals surface area (Å²) in [6, 6.07) is 4.35. The van der Waals surface area contributed by atoms with E-state index in [4.69, 9.17) is 9.47 Å². The molecule has 2 aliphatic heterocycles. The van der Waals surface area contributed by atoms with Crippen LogP contribution in [0.2, 0.25) is 0 Å². The Morgan fingerprint density at radius 1 is 1.02 bits per heavy atom. The Morgan fingerprint density at radius 2 is 1.71 bits per heavy atom. The second-order valence-corrected chi connectivity index (χ2v) is 15.7. The van der Waals surface area contributed by atoms with Gasteiger partial charge in [0.15, 0.2) is 5.54 Å². The molecule has 2 heterocycles. The van der Waals surface area contributed by atoms with Gasteiger partial charge < -0.3 is 25.2 Å². The highest BCUT2D eigenvalue weighted by molar-refractivity contribution is 6.02. The van der Waals surface area contributed by atoms with E-state index < -0.39 is 47.4 Å². The molecule has 0 aliphatic carbocycles. The molecule has 15 heteroatoms. The van der Waals surface area contributed by atoms with Gasteiger partial charge in [-0.25, -0.2) is 19.9 Å². The summed E-state index contributed by atoms with van der Waals surface area (Å²) >= 11 is 0. The molecule has 15 nitrogen and oxygen atoms in total. The largest absolute Gasteiger partial charge is 0.507 e. The van der Waals surface area contributed by atoms with Crippen LogP contribution < -0.4 is 10.6 Å². The number of hydrogen-bond donors (Lipinski definition) is 5. The Hall–Kier alpha value is -4.50. The van der Waals surface area contributed by atoms with Gasteiger partial charge in [0.2, 0.25) is 17.7 Å². The highest BCUT2D eigenvalue weighted by atomic mass is 16.5. The molecule has 1 fully saturated rings. The van der Waals surface area contributed by atoms with Crippen molar-refractivity contribution in [2.75, 3.05) is 19.7 Å². The number of phenols is 1. The predicted molar refractivity (Wildman–Crippen MR) is 218 cm³/mol. The van der Waals surface area contributed by atoms with Crippen molar-refractivity contribution in [1.82, 2.24) is 20.8 Å². The van der Waals surface area contributed by atoms with Crippen molar-refractivity contribution in [3.8, 4) is 5.75 Å². The van der Waals surface area contributed by atoms with Crippen LogP contribution in [0, 0.1) is 0 Å². The van der Waals surface area contributed by atoms with Gasteiger partial charge in [-0.3, -0.25) is 29.6 Å². The maximum atomic E-state index is 13.6. The van der Waals surface area contributed by atoms with E-state index in [9.17, 15) is 39.5 Å². The van der Waals surface area contributed by atoms with Gasteiger partial charge in [-0.05, 0) is 96.6 Å². The van der Waals surface area contributed by atoms with Gasteiger partial charge in [0.25, 0.3) is 11.8 Å². The molecule has 1 saturated heterocycles. The molecule has 1 aromatic rings. The number of hydroxylamine groups is 4. The maximum absolute atomic E-state index is 13.6. The summed E-state index contributed by atoms with van der Waals surface area (Å²) in [5.41, 5.74) is -1.13. The molecule has 0 radical (unpaired) electrons. The van der Waals surface area contributed by atoms with Gasteiger partial charge in [0.1, 0.15) is 30.5 Å². The van der Waals surface area contributed by atoms with E-state index in [1.165, 1.54) is 58.4 Å². The topological polar surface area (TPSA) is 207 Å². The first-order chi connectivity index (χ1) is 27.8. The first-order valence-corrected chi connectivity index (χ1v) is 21.3. The van der Waals surface area contributed by atoms with Crippen molar-refractivity contribution in [3.63, 3.8) is 0 Å². The van der Waals surface area contributed by atoms with Crippen LogP contribution in [-0.4, -0.2) is 105 Å². The molecule has 0 spiro atoms. The number of carbonyl (C=O) groups is 5. The van der Waals surface area contributed by atoms with E-state index in [1.54, 1.807) is 18.2 Å². The highest BCUT2D eigenvalue weighted by Gasteiger charge is 2.42. The summed E-state index contributed by atoms with van der Waals surface area (Å²) in [5, 5.41) is 37.2. The van der Waals surface area contributed by atoms with E-state index >= 15 is 0 Å². The summed E-state index contributed by atoms with van der Waals surface area (Å²) in [6.45, 7) is 5.35. The lowest BCUT2D eigenvalue weighted by atomic mass is 10.0. The minimum absolute atomic E-state index is 0.0389. The predicted octanol–water partition coefficient (Wildman–Crippen LogP) is 6.27. The molecule has 0 unspecified atom stereocenters. The van der Waals surface area contributed by atoms with Crippen LogP contribution in [0.4, 0.5) is 0 Å². The molecule has 0 saturated carbocycles. The average molecular weight is 814 g/mol. The second kappa shape index (κ2) is 25.8. The molecule has 1 aromatic carbocycles. The normalized spacial score (nSPS) is 19.2. The van der Waals surface area contributed by atoms with Crippen LogP contribution in [0.5, 0.6) is 5.75 Å². The molecule has 4 amide bonds. The van der Waals surface area contributed by atoms with Crippen LogP contribution in [0.3, 0.4) is 0 Å². The highest BCUT2D eigenvalue weighted by Crippen LogP contribution is 2.26. The number of aliphatic imine (C=N–C) groups is 1. The zero-order valence-corrected chi connectivity index (χ0v) is 34.8. The number of rotatable bonds is 26. The van der Waals surface area contributed by atoms with Crippen LogP contribution in [0.1, 0.15) is 148 Å². The SMILES string of the molecule is CCCCCCCC/C=C/CCCCCC(=O)N(O)CCCC[C@@H](NC(=O)[C@@]1(C)COC(c2ccccc2O)=N1)C(=O)O[C@H](C)CC(=O)N[C@H]1CCCCN(O)C1=O. The molecule has 324 valence electrons. The molecular weight excluding hydrogens is 746 g/mol. The van der Waals surface area contributed by atoms with Crippen molar-refractivity contribution < 1.29 is 49.0 Å². The molecule has 58 heavy (non-hydrogen) atoms. The van der Waals surface area contributed by atoms with Crippen molar-refractivity contribution in [3.05, 3.63) is 42.0 Å². The Labute approximate surface area is 343 Å². The molecule has 0 bridgehead atoms. The number of nitrogens with one attached hydrogen (secondary N) is 2. The van der Waals surface area contributed by atoms with E-state index in [1.807, 2.05) is 0 Å². The zero-order chi connectivity index (χ0) is 42.3. The zero-order valence-electron chi connectivity index (χ0n) is 34.8. The Balaban J connectivity index is 1.49. The average Bonchev–Trinajstić information content (AvgIpc) is 3.53. The van der Waals surface area contributed by atoms with Crippen molar-refractivity contribution >= 4 is 35.5 Å². The fourth-order valence-corrected chi connectivity index (χ4v) is 6.82. The van der Waals surface area contributed by atoms with E-state index in [0.29, 0.717) is 54.2 Å². The number of carbonyl (C=O) groups excluding carboxylic acids is 5. The number of para-hydroxylation sites is 1. The number of unbranched alkanes of at least 4 members (excludes halogenated alkanes) is 10. The van der Waals surface area contributed by atoms with E-state index in [0.717, 1.165) is 25.7 Å². The minimum Gasteiger partial charge on any atom is -0.507 e. The summed E-state index contributed by atoms with van der Waals surface area (Å²) in [7, 11) is 0. The quantitative estimate of drug-likeness (QED) is 0.0233. The number of benzene rings is 1. The summed E-state index contributed by atoms with van der Waals surface area (Å²) in [5.74, 6) is -2.94. The number of aromatic hydroxyl groups is 1. The number of ether oxygens (including phenoxy) is 2. The Kier molecular flexibility index (Phi) is 21.3. The molecule has 2 aliphatic rings. The van der Waals surface area contributed by atoms with Crippen LogP contribution in [-0.2, 0) is 33.4 Å². The van der Waals surface area contributed by atoms with Gasteiger partial charge in [-0.2, -0.15) is 0 Å². The van der Waals surface area contributed by atoms with Crippen LogP contribution >= 0.6 is 0 Å². The van der Waals surface area contributed by atoms with Crippen molar-refractivity contribution in [1.29, 1.82) is 0 Å². The Bertz CT molecular complexity index is 1540. The van der Waals surface area contributed by atoms with Gasteiger partial charge in [-0.1, -0.05) is 69.7 Å².